The molecule has 1 unspecified atom stereocenters. The lowest BCUT2D eigenvalue weighted by atomic mass is 10.0. The summed E-state index contributed by atoms with van der Waals surface area (Å²) in [6.45, 7) is 7.46. The van der Waals surface area contributed by atoms with E-state index >= 15 is 0 Å². The number of halogens is 1. The molecular formula is C39H51ClO5. The molecule has 0 aliphatic carbocycles. The summed E-state index contributed by atoms with van der Waals surface area (Å²) < 4.78 is 16.8. The molecule has 244 valence electrons. The van der Waals surface area contributed by atoms with Crippen LogP contribution in [0.4, 0.5) is 0 Å². The van der Waals surface area contributed by atoms with Gasteiger partial charge in [-0.15, -0.1) is 11.6 Å². The largest absolute Gasteiger partial charge is 0.494 e. The van der Waals surface area contributed by atoms with Crippen LogP contribution in [-0.2, 0) is 16.0 Å². The van der Waals surface area contributed by atoms with Crippen LogP contribution < -0.4 is 9.47 Å². The molecule has 0 aliphatic heterocycles. The van der Waals surface area contributed by atoms with E-state index in [0.717, 1.165) is 41.9 Å². The zero-order chi connectivity index (χ0) is 32.3. The molecular weight excluding hydrogens is 584 g/mol. The van der Waals surface area contributed by atoms with Crippen molar-refractivity contribution >= 4 is 23.5 Å². The summed E-state index contributed by atoms with van der Waals surface area (Å²) >= 11 is 6.25. The number of alkyl halides is 1. The summed E-state index contributed by atoms with van der Waals surface area (Å²) in [4.78, 5) is 24.9. The van der Waals surface area contributed by atoms with Gasteiger partial charge in [0.05, 0.1) is 18.8 Å². The summed E-state index contributed by atoms with van der Waals surface area (Å²) in [7, 11) is 0. The van der Waals surface area contributed by atoms with Crippen molar-refractivity contribution in [2.75, 3.05) is 13.2 Å². The zero-order valence-corrected chi connectivity index (χ0v) is 28.2. The van der Waals surface area contributed by atoms with Gasteiger partial charge in [0.25, 0.3) is 0 Å². The van der Waals surface area contributed by atoms with E-state index in [0.29, 0.717) is 30.3 Å². The summed E-state index contributed by atoms with van der Waals surface area (Å²) in [6.07, 6.45) is 14.4. The fourth-order valence-electron chi connectivity index (χ4n) is 4.90. The summed E-state index contributed by atoms with van der Waals surface area (Å²) in [5.41, 5.74) is 3.38. The van der Waals surface area contributed by atoms with Crippen LogP contribution in [0.15, 0.2) is 72.8 Å². The SMILES string of the molecule is CCCCCCCCCCCCOc1ccc(-c2ccc(C(=O)Oc3ccc(C[C@H](Cl)C(=O)OCC(C)CC)cc3)cc2)cc1. The van der Waals surface area contributed by atoms with Crippen LogP contribution in [-0.4, -0.2) is 30.5 Å². The minimum absolute atomic E-state index is 0.304. The summed E-state index contributed by atoms with van der Waals surface area (Å²) in [6, 6.07) is 22.5. The molecule has 0 saturated carbocycles. The molecule has 0 heterocycles. The number of unbranched alkanes of at least 4 members (excludes halogenated alkanes) is 9. The van der Waals surface area contributed by atoms with Gasteiger partial charge in [-0.25, -0.2) is 4.79 Å². The van der Waals surface area contributed by atoms with Crippen LogP contribution >= 0.6 is 11.6 Å². The molecule has 2 atom stereocenters. The first-order valence-electron chi connectivity index (χ1n) is 16.8. The molecule has 0 bridgehead atoms. The van der Waals surface area contributed by atoms with Gasteiger partial charge in [-0.05, 0) is 71.8 Å². The molecule has 0 amide bonds. The lowest BCUT2D eigenvalue weighted by molar-refractivity contribution is -0.144. The predicted octanol–water partition coefficient (Wildman–Crippen LogP) is 10.6. The molecule has 0 saturated heterocycles. The first-order chi connectivity index (χ1) is 21.9. The number of carbonyl (C=O) groups is 2. The third-order valence-corrected chi connectivity index (χ3v) is 8.42. The molecule has 0 radical (unpaired) electrons. The van der Waals surface area contributed by atoms with Gasteiger partial charge in [0.15, 0.2) is 0 Å². The number of hydrogen-bond donors (Lipinski definition) is 0. The Kier molecular flexibility index (Phi) is 16.6. The van der Waals surface area contributed by atoms with E-state index in [1.54, 1.807) is 36.4 Å². The first kappa shape index (κ1) is 36.2. The van der Waals surface area contributed by atoms with Gasteiger partial charge in [-0.2, -0.15) is 0 Å². The number of esters is 2. The Bertz CT molecular complexity index is 1250. The van der Waals surface area contributed by atoms with Crippen LogP contribution in [0, 0.1) is 5.92 Å². The quantitative estimate of drug-likeness (QED) is 0.0505. The van der Waals surface area contributed by atoms with Crippen LogP contribution in [0.5, 0.6) is 11.5 Å². The molecule has 0 aliphatic rings. The smallest absolute Gasteiger partial charge is 0.343 e. The average Bonchev–Trinajstić information content (AvgIpc) is 3.07. The van der Waals surface area contributed by atoms with Gasteiger partial charge in [0.2, 0.25) is 0 Å². The molecule has 3 aromatic rings. The van der Waals surface area contributed by atoms with Crippen molar-refractivity contribution in [1.82, 2.24) is 0 Å². The topological polar surface area (TPSA) is 61.8 Å². The van der Waals surface area contributed by atoms with E-state index in [-0.39, 0.29) is 0 Å². The maximum absolute atomic E-state index is 12.7. The van der Waals surface area contributed by atoms with Gasteiger partial charge >= 0.3 is 11.9 Å². The first-order valence-corrected chi connectivity index (χ1v) is 17.3. The third kappa shape index (κ3) is 13.7. The van der Waals surface area contributed by atoms with E-state index in [1.165, 1.54) is 57.8 Å². The highest BCUT2D eigenvalue weighted by Gasteiger charge is 2.18. The van der Waals surface area contributed by atoms with Crippen molar-refractivity contribution in [2.45, 2.75) is 103 Å². The standard InChI is InChI=1S/C39H51ClO5/c1-4-6-7-8-9-10-11-12-13-14-27-43-35-25-21-33(22-26-35)32-17-19-34(20-18-32)38(41)45-36-23-15-31(16-24-36)28-37(40)39(42)44-29-30(3)5-2/h15-26,30,37H,4-14,27-29H2,1-3H3/t30?,37-/m0/s1. The highest BCUT2D eigenvalue weighted by atomic mass is 35.5. The second kappa shape index (κ2) is 20.7. The Balaban J connectivity index is 1.37. The number of carbonyl (C=O) groups excluding carboxylic acids is 2. The van der Waals surface area contributed by atoms with Crippen molar-refractivity contribution in [1.29, 1.82) is 0 Å². The highest BCUT2D eigenvalue weighted by molar-refractivity contribution is 6.30. The Morgan fingerprint density at radius 3 is 1.80 bits per heavy atom. The highest BCUT2D eigenvalue weighted by Crippen LogP contribution is 2.24. The molecule has 3 aromatic carbocycles. The minimum atomic E-state index is -0.765. The van der Waals surface area contributed by atoms with E-state index in [2.05, 4.69) is 13.8 Å². The Hall–Kier alpha value is -3.31. The lowest BCUT2D eigenvalue weighted by Gasteiger charge is -2.13. The van der Waals surface area contributed by atoms with Crippen molar-refractivity contribution in [3.8, 4) is 22.6 Å². The minimum Gasteiger partial charge on any atom is -0.494 e. The maximum atomic E-state index is 12.7. The Labute approximate surface area is 275 Å². The van der Waals surface area contributed by atoms with Gasteiger partial charge in [0, 0.05) is 0 Å². The number of ether oxygens (including phenoxy) is 3. The van der Waals surface area contributed by atoms with E-state index in [1.807, 2.05) is 43.3 Å². The van der Waals surface area contributed by atoms with Gasteiger partial charge < -0.3 is 14.2 Å². The molecule has 0 spiro atoms. The van der Waals surface area contributed by atoms with Gasteiger partial charge in [0.1, 0.15) is 16.9 Å². The van der Waals surface area contributed by atoms with E-state index in [9.17, 15) is 9.59 Å². The number of hydrogen-bond acceptors (Lipinski definition) is 5. The average molecular weight is 635 g/mol. The lowest BCUT2D eigenvalue weighted by Crippen LogP contribution is -2.22. The molecule has 45 heavy (non-hydrogen) atoms. The Morgan fingerprint density at radius 1 is 0.689 bits per heavy atom. The molecule has 6 heteroatoms. The van der Waals surface area contributed by atoms with Crippen molar-refractivity contribution in [3.05, 3.63) is 83.9 Å². The van der Waals surface area contributed by atoms with E-state index < -0.39 is 17.3 Å². The zero-order valence-electron chi connectivity index (χ0n) is 27.4. The fraction of sp³-hybridized carbons (Fsp3) is 0.487. The van der Waals surface area contributed by atoms with Gasteiger partial charge in [-0.1, -0.05) is 121 Å². The second-order valence-electron chi connectivity index (χ2n) is 12.0. The normalized spacial score (nSPS) is 12.4. The van der Waals surface area contributed by atoms with Gasteiger partial charge in [-0.3, -0.25) is 4.79 Å². The van der Waals surface area contributed by atoms with Crippen molar-refractivity contribution in [3.63, 3.8) is 0 Å². The summed E-state index contributed by atoms with van der Waals surface area (Å²) in [5, 5.41) is -0.765. The molecule has 0 N–H and O–H groups in total. The van der Waals surface area contributed by atoms with Crippen LogP contribution in [0.25, 0.3) is 11.1 Å². The Morgan fingerprint density at radius 2 is 1.22 bits per heavy atom. The molecule has 0 fully saturated rings. The monoisotopic (exact) mass is 634 g/mol. The van der Waals surface area contributed by atoms with Crippen molar-refractivity contribution in [2.24, 2.45) is 5.92 Å². The van der Waals surface area contributed by atoms with Crippen LogP contribution in [0.2, 0.25) is 0 Å². The molecule has 3 rings (SSSR count). The van der Waals surface area contributed by atoms with Crippen LogP contribution in [0.3, 0.4) is 0 Å². The fourth-order valence-corrected chi connectivity index (χ4v) is 5.15. The second-order valence-corrected chi connectivity index (χ2v) is 12.5. The number of benzene rings is 3. The predicted molar refractivity (Wildman–Crippen MR) is 184 cm³/mol. The molecule has 0 aromatic heterocycles. The third-order valence-electron chi connectivity index (χ3n) is 8.09. The maximum Gasteiger partial charge on any atom is 0.343 e. The van der Waals surface area contributed by atoms with Crippen LogP contribution in [0.1, 0.15) is 107 Å². The van der Waals surface area contributed by atoms with Crippen molar-refractivity contribution < 1.29 is 23.8 Å². The molecule has 5 nitrogen and oxygen atoms in total. The van der Waals surface area contributed by atoms with E-state index in [4.69, 9.17) is 25.8 Å². The number of rotatable bonds is 21. The summed E-state index contributed by atoms with van der Waals surface area (Å²) in [5.74, 6) is 0.753.